The summed E-state index contributed by atoms with van der Waals surface area (Å²) in [7, 11) is 2.07. The molecule has 0 radical (unpaired) electrons. The van der Waals surface area contributed by atoms with Gasteiger partial charge in [0.05, 0.1) is 6.54 Å². The lowest BCUT2D eigenvalue weighted by Crippen LogP contribution is -2.38. The average Bonchev–Trinajstić information content (AvgIpc) is 2.77. The van der Waals surface area contributed by atoms with Gasteiger partial charge >= 0.3 is 0 Å². The van der Waals surface area contributed by atoms with Crippen molar-refractivity contribution in [3.8, 4) is 0 Å². The minimum atomic E-state index is 0.753. The van der Waals surface area contributed by atoms with Gasteiger partial charge in [0.2, 0.25) is 0 Å². The predicted octanol–water partition coefficient (Wildman–Crippen LogP) is 1.88. The molecule has 1 aliphatic rings. The van der Waals surface area contributed by atoms with Crippen molar-refractivity contribution in [2.75, 3.05) is 26.2 Å². The molecule has 0 bridgehead atoms. The summed E-state index contributed by atoms with van der Waals surface area (Å²) in [6.45, 7) is 10.3. The summed E-state index contributed by atoms with van der Waals surface area (Å²) < 4.78 is 2.12. The number of nitrogens with one attached hydrogen (secondary N) is 1. The Morgan fingerprint density at radius 3 is 2.68 bits per heavy atom. The first kappa shape index (κ1) is 14.5. The third kappa shape index (κ3) is 4.62. The summed E-state index contributed by atoms with van der Waals surface area (Å²) in [6, 6.07) is 0. The Bertz CT molecular complexity index is 364. The van der Waals surface area contributed by atoms with E-state index in [1.165, 1.54) is 38.3 Å². The van der Waals surface area contributed by atoms with E-state index in [1.54, 1.807) is 0 Å². The van der Waals surface area contributed by atoms with Gasteiger partial charge in [0.15, 0.2) is 0 Å². The van der Waals surface area contributed by atoms with E-state index in [9.17, 15) is 0 Å². The molecule has 0 amide bonds. The number of likely N-dealkylation sites (tertiary alicyclic amines) is 1. The van der Waals surface area contributed by atoms with Crippen LogP contribution in [0.2, 0.25) is 0 Å². The highest BCUT2D eigenvalue weighted by molar-refractivity contribution is 4.91. The van der Waals surface area contributed by atoms with Crippen molar-refractivity contribution in [2.45, 2.75) is 33.2 Å². The second-order valence-corrected chi connectivity index (χ2v) is 6.23. The van der Waals surface area contributed by atoms with Crippen LogP contribution in [0, 0.1) is 11.8 Å². The monoisotopic (exact) mass is 264 g/mol. The summed E-state index contributed by atoms with van der Waals surface area (Å²) in [4.78, 5) is 6.94. The van der Waals surface area contributed by atoms with Gasteiger partial charge < -0.3 is 9.88 Å². The maximum atomic E-state index is 4.41. The van der Waals surface area contributed by atoms with Crippen LogP contribution in [0.25, 0.3) is 0 Å². The van der Waals surface area contributed by atoms with E-state index >= 15 is 0 Å². The molecular weight excluding hydrogens is 236 g/mol. The molecular formula is C15H28N4. The van der Waals surface area contributed by atoms with Crippen molar-refractivity contribution in [1.29, 1.82) is 0 Å². The zero-order valence-electron chi connectivity index (χ0n) is 12.6. The van der Waals surface area contributed by atoms with Crippen LogP contribution in [-0.2, 0) is 13.6 Å². The molecule has 0 saturated carbocycles. The van der Waals surface area contributed by atoms with Gasteiger partial charge in [-0.2, -0.15) is 0 Å². The van der Waals surface area contributed by atoms with Gasteiger partial charge in [0, 0.05) is 19.4 Å². The molecule has 108 valence electrons. The van der Waals surface area contributed by atoms with Gasteiger partial charge in [-0.15, -0.1) is 0 Å². The quantitative estimate of drug-likeness (QED) is 0.851. The number of rotatable bonds is 6. The number of nitrogens with zero attached hydrogens (tertiary/aromatic N) is 3. The van der Waals surface area contributed by atoms with Crippen molar-refractivity contribution in [3.05, 3.63) is 18.2 Å². The molecule has 4 heteroatoms. The van der Waals surface area contributed by atoms with E-state index in [4.69, 9.17) is 0 Å². The van der Waals surface area contributed by atoms with Crippen LogP contribution in [0.3, 0.4) is 0 Å². The average molecular weight is 264 g/mol. The summed E-state index contributed by atoms with van der Waals surface area (Å²) in [6.07, 6.45) is 6.54. The Morgan fingerprint density at radius 2 is 2.11 bits per heavy atom. The molecule has 1 fully saturated rings. The second-order valence-electron chi connectivity index (χ2n) is 6.23. The number of aryl methyl sites for hydroxylation is 1. The first-order chi connectivity index (χ1) is 9.15. The number of hydrogen-bond acceptors (Lipinski definition) is 3. The molecule has 0 atom stereocenters. The summed E-state index contributed by atoms with van der Waals surface area (Å²) >= 11 is 0. The first-order valence-electron chi connectivity index (χ1n) is 7.54. The van der Waals surface area contributed by atoms with E-state index < -0.39 is 0 Å². The van der Waals surface area contributed by atoms with Crippen LogP contribution in [0.1, 0.15) is 32.5 Å². The normalized spacial score (nSPS) is 18.3. The first-order valence-corrected chi connectivity index (χ1v) is 7.54. The fraction of sp³-hybridized carbons (Fsp3) is 0.800. The molecule has 0 unspecified atom stereocenters. The summed E-state index contributed by atoms with van der Waals surface area (Å²) in [5.41, 5.74) is 0. The standard InChI is InChI=1S/C15H28N4/c1-13(2)10-16-11-14-4-7-19(8-5-14)12-15-17-6-9-18(15)3/h6,9,13-14,16H,4-5,7-8,10-12H2,1-3H3. The topological polar surface area (TPSA) is 33.1 Å². The molecule has 1 aromatic rings. The van der Waals surface area contributed by atoms with Gasteiger partial charge in [-0.05, 0) is 50.9 Å². The van der Waals surface area contributed by atoms with Crippen LogP contribution in [-0.4, -0.2) is 40.6 Å². The van der Waals surface area contributed by atoms with E-state index in [0.29, 0.717) is 0 Å². The Labute approximate surface area is 117 Å². The predicted molar refractivity (Wildman–Crippen MR) is 78.9 cm³/mol. The second kappa shape index (κ2) is 7.06. The van der Waals surface area contributed by atoms with Gasteiger partial charge in [-0.25, -0.2) is 4.98 Å². The van der Waals surface area contributed by atoms with Crippen molar-refractivity contribution in [1.82, 2.24) is 19.8 Å². The van der Waals surface area contributed by atoms with Gasteiger partial charge in [0.1, 0.15) is 5.82 Å². The van der Waals surface area contributed by atoms with Crippen LogP contribution in [0.4, 0.5) is 0 Å². The Hall–Kier alpha value is -0.870. The molecule has 0 aliphatic carbocycles. The number of hydrogen-bond donors (Lipinski definition) is 1. The number of piperidine rings is 1. The summed E-state index contributed by atoms with van der Waals surface area (Å²) in [5, 5.41) is 3.59. The molecule has 0 aromatic carbocycles. The van der Waals surface area contributed by atoms with Crippen LogP contribution in [0.15, 0.2) is 12.4 Å². The molecule has 2 heterocycles. The third-order valence-electron chi connectivity index (χ3n) is 3.98. The minimum Gasteiger partial charge on any atom is -0.337 e. The Kier molecular flexibility index (Phi) is 5.40. The highest BCUT2D eigenvalue weighted by atomic mass is 15.2. The largest absolute Gasteiger partial charge is 0.337 e. The lowest BCUT2D eigenvalue weighted by molar-refractivity contribution is 0.170. The van der Waals surface area contributed by atoms with E-state index in [0.717, 1.165) is 24.9 Å². The van der Waals surface area contributed by atoms with Crippen LogP contribution < -0.4 is 5.32 Å². The molecule has 0 spiro atoms. The third-order valence-corrected chi connectivity index (χ3v) is 3.98. The Balaban J connectivity index is 1.66. The molecule has 1 aromatic heterocycles. The molecule has 1 aliphatic heterocycles. The zero-order valence-corrected chi connectivity index (χ0v) is 12.6. The maximum absolute atomic E-state index is 4.41. The highest BCUT2D eigenvalue weighted by Crippen LogP contribution is 2.17. The van der Waals surface area contributed by atoms with E-state index in [-0.39, 0.29) is 0 Å². The molecule has 1 saturated heterocycles. The number of imidazole rings is 1. The zero-order chi connectivity index (χ0) is 13.7. The fourth-order valence-electron chi connectivity index (χ4n) is 2.67. The molecule has 4 nitrogen and oxygen atoms in total. The van der Waals surface area contributed by atoms with E-state index in [2.05, 4.69) is 40.7 Å². The molecule has 2 rings (SSSR count). The number of aromatic nitrogens is 2. The van der Waals surface area contributed by atoms with Crippen LogP contribution in [0.5, 0.6) is 0 Å². The Morgan fingerprint density at radius 1 is 1.37 bits per heavy atom. The minimum absolute atomic E-state index is 0.753. The molecule has 1 N–H and O–H groups in total. The van der Waals surface area contributed by atoms with Crippen molar-refractivity contribution in [2.24, 2.45) is 18.9 Å². The van der Waals surface area contributed by atoms with Crippen molar-refractivity contribution < 1.29 is 0 Å². The SMILES string of the molecule is CC(C)CNCC1CCN(Cc2nccn2C)CC1. The van der Waals surface area contributed by atoms with Gasteiger partial charge in [-0.1, -0.05) is 13.8 Å². The van der Waals surface area contributed by atoms with Gasteiger partial charge in [0.25, 0.3) is 0 Å². The lowest BCUT2D eigenvalue weighted by Gasteiger charge is -2.31. The lowest BCUT2D eigenvalue weighted by atomic mass is 9.96. The van der Waals surface area contributed by atoms with Crippen LogP contribution >= 0.6 is 0 Å². The smallest absolute Gasteiger partial charge is 0.122 e. The molecule has 19 heavy (non-hydrogen) atoms. The highest BCUT2D eigenvalue weighted by Gasteiger charge is 2.19. The fourth-order valence-corrected chi connectivity index (χ4v) is 2.67. The summed E-state index contributed by atoms with van der Waals surface area (Å²) in [5.74, 6) is 2.79. The van der Waals surface area contributed by atoms with Crippen molar-refractivity contribution >= 4 is 0 Å². The maximum Gasteiger partial charge on any atom is 0.122 e. The van der Waals surface area contributed by atoms with Crippen molar-refractivity contribution in [3.63, 3.8) is 0 Å². The van der Waals surface area contributed by atoms with Gasteiger partial charge in [-0.3, -0.25) is 4.90 Å². The van der Waals surface area contributed by atoms with E-state index in [1.807, 2.05) is 12.4 Å².